The minimum absolute atomic E-state index is 0.0392. The fraction of sp³-hybridized carbons (Fsp3) is 0.294. The lowest BCUT2D eigenvalue weighted by molar-refractivity contribution is 0.619. The SMILES string of the molecule is Fc1cc(C(Br)c2ccc3c(c2)CCCC3)ccc1Br. The van der Waals surface area contributed by atoms with Crippen molar-refractivity contribution >= 4 is 31.9 Å². The van der Waals surface area contributed by atoms with Gasteiger partial charge < -0.3 is 0 Å². The van der Waals surface area contributed by atoms with Crippen LogP contribution in [0.25, 0.3) is 0 Å². The topological polar surface area (TPSA) is 0 Å². The largest absolute Gasteiger partial charge is 0.206 e. The maximum absolute atomic E-state index is 13.7. The van der Waals surface area contributed by atoms with Crippen LogP contribution in [0.3, 0.4) is 0 Å². The molecule has 0 nitrogen and oxygen atoms in total. The summed E-state index contributed by atoms with van der Waals surface area (Å²) in [5.41, 5.74) is 5.08. The Balaban J connectivity index is 1.93. The minimum atomic E-state index is -0.218. The average Bonchev–Trinajstić information content (AvgIpc) is 2.49. The van der Waals surface area contributed by atoms with Crippen LogP contribution in [0.2, 0.25) is 0 Å². The first-order chi connectivity index (χ1) is 9.65. The minimum Gasteiger partial charge on any atom is -0.206 e. The Morgan fingerprint density at radius 3 is 2.30 bits per heavy atom. The zero-order chi connectivity index (χ0) is 14.1. The second kappa shape index (κ2) is 5.98. The van der Waals surface area contributed by atoms with E-state index in [4.69, 9.17) is 0 Å². The smallest absolute Gasteiger partial charge is 0.137 e. The zero-order valence-corrected chi connectivity index (χ0v) is 14.2. The summed E-state index contributed by atoms with van der Waals surface area (Å²) < 4.78 is 14.2. The fourth-order valence-corrected chi connectivity index (χ4v) is 3.59. The highest BCUT2D eigenvalue weighted by Gasteiger charge is 2.15. The molecule has 0 N–H and O–H groups in total. The maximum Gasteiger partial charge on any atom is 0.137 e. The van der Waals surface area contributed by atoms with Gasteiger partial charge in [0.25, 0.3) is 0 Å². The quantitative estimate of drug-likeness (QED) is 0.549. The molecule has 0 radical (unpaired) electrons. The monoisotopic (exact) mass is 396 g/mol. The van der Waals surface area contributed by atoms with Gasteiger partial charge in [-0.15, -0.1) is 0 Å². The summed E-state index contributed by atoms with van der Waals surface area (Å²) in [5.74, 6) is -0.218. The number of halogens is 3. The second-order valence-electron chi connectivity index (χ2n) is 5.27. The third-order valence-electron chi connectivity index (χ3n) is 3.90. The van der Waals surface area contributed by atoms with Gasteiger partial charge in [0, 0.05) is 0 Å². The Labute approximate surface area is 135 Å². The predicted molar refractivity (Wildman–Crippen MR) is 88.0 cm³/mol. The molecule has 0 aliphatic heterocycles. The Morgan fingerprint density at radius 1 is 0.900 bits per heavy atom. The number of aryl methyl sites for hydroxylation is 2. The lowest BCUT2D eigenvalue weighted by atomic mass is 9.89. The summed E-state index contributed by atoms with van der Waals surface area (Å²) in [6, 6.07) is 12.0. The van der Waals surface area contributed by atoms with Crippen LogP contribution in [0, 0.1) is 5.82 Å². The van der Waals surface area contributed by atoms with E-state index in [2.05, 4.69) is 50.1 Å². The summed E-state index contributed by atoms with van der Waals surface area (Å²) in [7, 11) is 0. The van der Waals surface area contributed by atoms with Gasteiger partial charge >= 0.3 is 0 Å². The van der Waals surface area contributed by atoms with Gasteiger partial charge in [0.1, 0.15) is 5.82 Å². The molecule has 20 heavy (non-hydrogen) atoms. The number of hydrogen-bond donors (Lipinski definition) is 0. The molecule has 0 saturated carbocycles. The van der Waals surface area contributed by atoms with Crippen molar-refractivity contribution in [2.75, 3.05) is 0 Å². The molecule has 0 spiro atoms. The van der Waals surface area contributed by atoms with Crippen LogP contribution in [0.15, 0.2) is 40.9 Å². The number of fused-ring (bicyclic) bond motifs is 1. The van der Waals surface area contributed by atoms with E-state index in [1.165, 1.54) is 36.0 Å². The predicted octanol–water partition coefficient (Wildman–Crippen LogP) is 5.95. The molecule has 2 aromatic rings. The van der Waals surface area contributed by atoms with Crippen molar-refractivity contribution in [2.24, 2.45) is 0 Å². The highest BCUT2D eigenvalue weighted by atomic mass is 79.9. The average molecular weight is 398 g/mol. The third kappa shape index (κ3) is 2.84. The van der Waals surface area contributed by atoms with Gasteiger partial charge in [-0.1, -0.05) is 40.2 Å². The van der Waals surface area contributed by atoms with Gasteiger partial charge in [0.2, 0.25) is 0 Å². The Kier molecular flexibility index (Phi) is 4.27. The molecular weight excluding hydrogens is 383 g/mol. The summed E-state index contributed by atoms with van der Waals surface area (Å²) in [4.78, 5) is 0.0392. The van der Waals surface area contributed by atoms with Crippen LogP contribution >= 0.6 is 31.9 Å². The van der Waals surface area contributed by atoms with Gasteiger partial charge in [0.05, 0.1) is 9.30 Å². The summed E-state index contributed by atoms with van der Waals surface area (Å²) in [5, 5.41) is 0. The van der Waals surface area contributed by atoms with Gasteiger partial charge in [-0.3, -0.25) is 0 Å². The Morgan fingerprint density at radius 2 is 1.55 bits per heavy atom. The first kappa shape index (κ1) is 14.3. The van der Waals surface area contributed by atoms with E-state index in [0.29, 0.717) is 4.47 Å². The van der Waals surface area contributed by atoms with Gasteiger partial charge in [-0.2, -0.15) is 0 Å². The summed E-state index contributed by atoms with van der Waals surface area (Å²) >= 11 is 6.89. The van der Waals surface area contributed by atoms with Crippen molar-refractivity contribution in [2.45, 2.75) is 30.5 Å². The highest BCUT2D eigenvalue weighted by molar-refractivity contribution is 9.10. The summed E-state index contributed by atoms with van der Waals surface area (Å²) in [6.45, 7) is 0. The molecule has 3 heteroatoms. The maximum atomic E-state index is 13.7. The van der Waals surface area contributed by atoms with E-state index in [9.17, 15) is 4.39 Å². The molecule has 3 rings (SSSR count). The molecule has 1 atom stereocenters. The molecule has 0 bridgehead atoms. The van der Waals surface area contributed by atoms with Crippen molar-refractivity contribution in [3.05, 3.63) is 68.9 Å². The van der Waals surface area contributed by atoms with Crippen molar-refractivity contribution in [1.29, 1.82) is 0 Å². The highest BCUT2D eigenvalue weighted by Crippen LogP contribution is 2.34. The van der Waals surface area contributed by atoms with Crippen molar-refractivity contribution < 1.29 is 4.39 Å². The molecule has 2 aromatic carbocycles. The molecule has 1 aliphatic rings. The van der Waals surface area contributed by atoms with E-state index in [0.717, 1.165) is 12.0 Å². The van der Waals surface area contributed by atoms with Crippen molar-refractivity contribution in [3.63, 3.8) is 0 Å². The molecule has 0 saturated heterocycles. The van der Waals surface area contributed by atoms with Gasteiger partial charge in [-0.05, 0) is 76.0 Å². The van der Waals surface area contributed by atoms with Crippen molar-refractivity contribution in [3.8, 4) is 0 Å². The van der Waals surface area contributed by atoms with E-state index in [1.54, 1.807) is 12.1 Å². The lowest BCUT2D eigenvalue weighted by Gasteiger charge is -2.19. The van der Waals surface area contributed by atoms with Crippen LogP contribution in [-0.4, -0.2) is 0 Å². The van der Waals surface area contributed by atoms with Crippen LogP contribution in [-0.2, 0) is 12.8 Å². The normalized spacial score (nSPS) is 15.8. The molecule has 0 fully saturated rings. The standard InChI is InChI=1S/C17H15Br2F/c18-15-8-7-14(10-16(15)20)17(19)13-6-5-11-3-1-2-4-12(11)9-13/h5-10,17H,1-4H2. The number of rotatable bonds is 2. The van der Waals surface area contributed by atoms with Crippen LogP contribution in [0.1, 0.15) is 39.9 Å². The molecule has 0 aromatic heterocycles. The van der Waals surface area contributed by atoms with Crippen LogP contribution in [0.5, 0.6) is 0 Å². The molecule has 1 aliphatic carbocycles. The number of alkyl halides is 1. The molecule has 0 amide bonds. The van der Waals surface area contributed by atoms with Crippen molar-refractivity contribution in [1.82, 2.24) is 0 Å². The molecular formula is C17H15Br2F. The molecule has 0 heterocycles. The zero-order valence-electron chi connectivity index (χ0n) is 11.0. The third-order valence-corrected chi connectivity index (χ3v) is 5.60. The Hall–Kier alpha value is -0.670. The van der Waals surface area contributed by atoms with E-state index in [1.807, 2.05) is 6.07 Å². The van der Waals surface area contributed by atoms with Crippen LogP contribution in [0.4, 0.5) is 4.39 Å². The first-order valence-electron chi connectivity index (χ1n) is 6.86. The van der Waals surface area contributed by atoms with Gasteiger partial charge in [0.15, 0.2) is 0 Å². The Bertz CT molecular complexity index is 637. The first-order valence-corrected chi connectivity index (χ1v) is 8.57. The van der Waals surface area contributed by atoms with E-state index >= 15 is 0 Å². The number of hydrogen-bond acceptors (Lipinski definition) is 0. The summed E-state index contributed by atoms with van der Waals surface area (Å²) in [6.07, 6.45) is 4.92. The molecule has 1 unspecified atom stereocenters. The van der Waals surface area contributed by atoms with Gasteiger partial charge in [-0.25, -0.2) is 4.39 Å². The van der Waals surface area contributed by atoms with E-state index in [-0.39, 0.29) is 10.6 Å². The van der Waals surface area contributed by atoms with Crippen LogP contribution < -0.4 is 0 Å². The second-order valence-corrected chi connectivity index (χ2v) is 7.04. The number of benzene rings is 2. The molecule has 104 valence electrons. The van der Waals surface area contributed by atoms with E-state index < -0.39 is 0 Å². The fourth-order valence-electron chi connectivity index (χ4n) is 2.77. The lowest BCUT2D eigenvalue weighted by Crippen LogP contribution is -2.04.